The molecule has 9 nitrogen and oxygen atoms in total. The number of ether oxygens (including phenoxy) is 3. The van der Waals surface area contributed by atoms with Crippen LogP contribution in [0.25, 0.3) is 0 Å². The van der Waals surface area contributed by atoms with Crippen molar-refractivity contribution >= 4 is 27.3 Å². The minimum absolute atomic E-state index is 0.0221. The fourth-order valence-electron chi connectivity index (χ4n) is 5.94. The van der Waals surface area contributed by atoms with Gasteiger partial charge in [-0.2, -0.15) is 15.6 Å². The third kappa shape index (κ3) is 6.49. The lowest BCUT2D eigenvalue weighted by Crippen LogP contribution is -2.41. The van der Waals surface area contributed by atoms with E-state index < -0.39 is 16.3 Å². The summed E-state index contributed by atoms with van der Waals surface area (Å²) < 4.78 is 44.7. The van der Waals surface area contributed by atoms with Crippen molar-refractivity contribution in [2.45, 2.75) is 55.2 Å². The summed E-state index contributed by atoms with van der Waals surface area (Å²) in [5, 5.41) is 16.8. The van der Waals surface area contributed by atoms with E-state index in [-0.39, 0.29) is 54.8 Å². The minimum atomic E-state index is -3.86. The predicted octanol–water partition coefficient (Wildman–Crippen LogP) is 3.48. The van der Waals surface area contributed by atoms with Crippen LogP contribution >= 0.6 is 11.3 Å². The maximum atomic E-state index is 13.2. The summed E-state index contributed by atoms with van der Waals surface area (Å²) in [7, 11) is -2.34. The first-order valence-corrected chi connectivity index (χ1v) is 15.8. The van der Waals surface area contributed by atoms with Crippen molar-refractivity contribution in [3.63, 3.8) is 0 Å². The number of amides is 1. The number of sulfonamides is 1. The molecule has 212 valence electrons. The molecule has 11 heteroatoms. The van der Waals surface area contributed by atoms with Gasteiger partial charge in [0.1, 0.15) is 5.75 Å². The summed E-state index contributed by atoms with van der Waals surface area (Å²) in [5.74, 6) is 1.80. The van der Waals surface area contributed by atoms with Crippen LogP contribution in [0.5, 0.6) is 5.75 Å². The second kappa shape index (κ2) is 12.4. The van der Waals surface area contributed by atoms with Gasteiger partial charge in [-0.05, 0) is 83.8 Å². The summed E-state index contributed by atoms with van der Waals surface area (Å²) in [6, 6.07) is 8.33. The Labute approximate surface area is 233 Å². The Morgan fingerprint density at radius 2 is 1.97 bits per heavy atom. The number of rotatable bonds is 12. The van der Waals surface area contributed by atoms with Crippen molar-refractivity contribution in [1.29, 1.82) is 0 Å². The number of methoxy groups -OCH3 is 1. The molecule has 0 saturated heterocycles. The molecule has 2 saturated carbocycles. The lowest BCUT2D eigenvalue weighted by atomic mass is 9.94. The number of benzene rings is 1. The number of thiophene rings is 1. The van der Waals surface area contributed by atoms with E-state index in [1.54, 1.807) is 23.5 Å². The number of hydrogen-bond donors (Lipinski definition) is 2. The van der Waals surface area contributed by atoms with Crippen LogP contribution < -0.4 is 10.1 Å². The molecule has 2 fully saturated rings. The molecule has 2 aromatic rings. The lowest BCUT2D eigenvalue weighted by Gasteiger charge is -2.31. The fourth-order valence-corrected chi connectivity index (χ4v) is 8.08. The predicted molar refractivity (Wildman–Crippen MR) is 147 cm³/mol. The van der Waals surface area contributed by atoms with Gasteiger partial charge in [-0.15, -0.1) is 0 Å². The first-order chi connectivity index (χ1) is 18.9. The van der Waals surface area contributed by atoms with Gasteiger partial charge in [0, 0.05) is 31.5 Å². The van der Waals surface area contributed by atoms with Gasteiger partial charge in [-0.3, -0.25) is 4.79 Å². The quantitative estimate of drug-likeness (QED) is 0.398. The first kappa shape index (κ1) is 28.1. The minimum Gasteiger partial charge on any atom is -0.497 e. The van der Waals surface area contributed by atoms with Crippen LogP contribution in [0.2, 0.25) is 0 Å². The summed E-state index contributed by atoms with van der Waals surface area (Å²) in [4.78, 5) is 13.3. The maximum Gasteiger partial charge on any atom is 0.286 e. The van der Waals surface area contributed by atoms with Gasteiger partial charge in [-0.25, -0.2) is 8.42 Å². The summed E-state index contributed by atoms with van der Waals surface area (Å²) in [6.45, 7) is -0.338. The van der Waals surface area contributed by atoms with E-state index in [2.05, 4.69) is 10.7 Å². The first-order valence-electron chi connectivity index (χ1n) is 13.5. The van der Waals surface area contributed by atoms with Crippen LogP contribution in [-0.4, -0.2) is 69.5 Å². The Balaban J connectivity index is 1.23. The Hall–Kier alpha value is -2.44. The van der Waals surface area contributed by atoms with E-state index in [1.807, 2.05) is 17.5 Å². The van der Waals surface area contributed by atoms with Gasteiger partial charge in [0.25, 0.3) is 5.91 Å². The van der Waals surface area contributed by atoms with Gasteiger partial charge in [-0.1, -0.05) is 6.42 Å². The van der Waals surface area contributed by atoms with Crippen LogP contribution in [0.15, 0.2) is 57.8 Å². The Bertz CT molecular complexity index is 1250. The highest BCUT2D eigenvalue weighted by molar-refractivity contribution is 7.89. The number of fused-ring (bicyclic) bond motifs is 2. The van der Waals surface area contributed by atoms with Crippen LogP contribution in [0.4, 0.5) is 0 Å². The van der Waals surface area contributed by atoms with Gasteiger partial charge in [0.15, 0.2) is 5.76 Å². The largest absolute Gasteiger partial charge is 0.497 e. The normalized spacial score (nSPS) is 26.3. The Morgan fingerprint density at radius 3 is 2.62 bits per heavy atom. The summed E-state index contributed by atoms with van der Waals surface area (Å²) in [6.07, 6.45) is 6.32. The van der Waals surface area contributed by atoms with Gasteiger partial charge < -0.3 is 24.6 Å². The van der Waals surface area contributed by atoms with Crippen molar-refractivity contribution in [3.05, 3.63) is 58.5 Å². The standard InChI is InChI=1S/C28H36N2O7S2/c1-35-23-4-6-24(7-5-23)39(33,34)30(9-11-31)10-12-36-27-17-22(21-8-13-38-18-21)16-26(37-27)28(32)29-25-15-19-2-3-20(25)14-19/h4-8,13,16,18-20,22,25,27,31H,2-3,9-12,14-15,17H2,1H3,(H,29,32). The average molecular weight is 577 g/mol. The number of carbonyl (C=O) groups excluding carboxylic acids is 1. The topological polar surface area (TPSA) is 114 Å². The van der Waals surface area contributed by atoms with Crippen molar-refractivity contribution in [2.75, 3.05) is 33.4 Å². The summed E-state index contributed by atoms with van der Waals surface area (Å²) in [5.41, 5.74) is 1.09. The monoisotopic (exact) mass is 576 g/mol. The second-order valence-electron chi connectivity index (χ2n) is 10.4. The zero-order chi connectivity index (χ0) is 27.4. The molecule has 5 unspecified atom stereocenters. The third-order valence-electron chi connectivity index (χ3n) is 8.00. The second-order valence-corrected chi connectivity index (χ2v) is 13.1. The van der Waals surface area contributed by atoms with Crippen molar-refractivity contribution < 1.29 is 32.5 Å². The van der Waals surface area contributed by atoms with Crippen molar-refractivity contribution in [3.8, 4) is 5.75 Å². The third-order valence-corrected chi connectivity index (χ3v) is 10.6. The molecule has 5 atom stereocenters. The molecular weight excluding hydrogens is 540 g/mol. The molecular formula is C28H36N2O7S2. The van der Waals surface area contributed by atoms with Crippen molar-refractivity contribution in [2.24, 2.45) is 11.8 Å². The Morgan fingerprint density at radius 1 is 1.15 bits per heavy atom. The van der Waals surface area contributed by atoms with Crippen LogP contribution in [-0.2, 0) is 24.3 Å². The number of carbonyl (C=O) groups is 1. The van der Waals surface area contributed by atoms with Crippen LogP contribution in [0.1, 0.15) is 43.6 Å². The zero-order valence-electron chi connectivity index (χ0n) is 22.0. The van der Waals surface area contributed by atoms with Gasteiger partial charge in [0.2, 0.25) is 16.3 Å². The zero-order valence-corrected chi connectivity index (χ0v) is 23.7. The highest BCUT2D eigenvalue weighted by Gasteiger charge is 2.41. The van der Waals surface area contributed by atoms with E-state index in [0.717, 1.165) is 12.0 Å². The molecule has 2 aliphatic carbocycles. The Kier molecular flexibility index (Phi) is 8.92. The fraction of sp³-hybridized carbons (Fsp3) is 0.536. The lowest BCUT2D eigenvalue weighted by molar-refractivity contribution is -0.147. The molecule has 2 N–H and O–H groups in total. The molecule has 1 aromatic carbocycles. The SMILES string of the molecule is COc1ccc(S(=O)(=O)N(CCO)CCOC2CC(c3ccsc3)C=C(C(=O)NC3CC4CCC3C4)O2)cc1. The molecule has 3 aliphatic rings. The number of aliphatic hydroxyl groups is 1. The van der Waals surface area contributed by atoms with Gasteiger partial charge >= 0.3 is 0 Å². The number of hydrogen-bond acceptors (Lipinski definition) is 8. The van der Waals surface area contributed by atoms with Gasteiger partial charge in [0.05, 0.1) is 25.2 Å². The number of nitrogens with zero attached hydrogens (tertiary/aromatic N) is 1. The average Bonchev–Trinajstić information content (AvgIpc) is 3.72. The van der Waals surface area contributed by atoms with Crippen molar-refractivity contribution in [1.82, 2.24) is 9.62 Å². The smallest absolute Gasteiger partial charge is 0.286 e. The number of allylic oxidation sites excluding steroid dienone is 1. The van der Waals surface area contributed by atoms with Crippen LogP contribution in [0, 0.1) is 11.8 Å². The van der Waals surface area contributed by atoms with E-state index in [4.69, 9.17) is 14.2 Å². The summed E-state index contributed by atoms with van der Waals surface area (Å²) >= 11 is 1.59. The number of nitrogens with one attached hydrogen (secondary N) is 1. The van der Waals surface area contributed by atoms with E-state index >= 15 is 0 Å². The molecule has 39 heavy (non-hydrogen) atoms. The van der Waals surface area contributed by atoms with E-state index in [9.17, 15) is 18.3 Å². The molecule has 1 amide bonds. The highest BCUT2D eigenvalue weighted by Crippen LogP contribution is 2.44. The van der Waals surface area contributed by atoms with Crippen LogP contribution in [0.3, 0.4) is 0 Å². The molecule has 5 rings (SSSR count). The molecule has 0 radical (unpaired) electrons. The highest BCUT2D eigenvalue weighted by atomic mass is 32.2. The molecule has 0 spiro atoms. The number of aliphatic hydroxyl groups excluding tert-OH is 1. The van der Waals surface area contributed by atoms with E-state index in [1.165, 1.54) is 42.8 Å². The van der Waals surface area contributed by atoms with E-state index in [0.29, 0.717) is 24.0 Å². The maximum absolute atomic E-state index is 13.2. The molecule has 2 heterocycles. The molecule has 1 aliphatic heterocycles. The molecule has 1 aromatic heterocycles. The molecule has 2 bridgehead atoms.